The number of nitrogens with zero attached hydrogens (tertiary/aromatic N) is 4. The number of nitrogens with one attached hydrogen (secondary N) is 1. The van der Waals surface area contributed by atoms with Crippen LogP contribution in [0.5, 0.6) is 0 Å². The predicted octanol–water partition coefficient (Wildman–Crippen LogP) is 2.00. The first kappa shape index (κ1) is 22.3. The SMILES string of the molecule is N#CC1CCCCC1n1cc(C(N)=O)c(Nc2ccc(S(=O)(=O)N3CCOCC3)cc2)n1. The molecule has 2 heterocycles. The van der Waals surface area contributed by atoms with E-state index < -0.39 is 15.9 Å². The summed E-state index contributed by atoms with van der Waals surface area (Å²) in [4.78, 5) is 12.2. The van der Waals surface area contributed by atoms with Crippen molar-refractivity contribution in [3.8, 4) is 6.07 Å². The number of amides is 1. The van der Waals surface area contributed by atoms with E-state index in [1.54, 1.807) is 23.0 Å². The topological polar surface area (TPSA) is 143 Å². The Morgan fingerprint density at radius 1 is 1.19 bits per heavy atom. The van der Waals surface area contributed by atoms with E-state index in [0.29, 0.717) is 32.0 Å². The molecule has 1 aromatic carbocycles. The van der Waals surface area contributed by atoms with E-state index in [9.17, 15) is 18.5 Å². The summed E-state index contributed by atoms with van der Waals surface area (Å²) in [6, 6.07) is 8.50. The molecule has 0 spiro atoms. The highest BCUT2D eigenvalue weighted by Gasteiger charge is 2.29. The van der Waals surface area contributed by atoms with E-state index in [4.69, 9.17) is 10.5 Å². The summed E-state index contributed by atoms with van der Waals surface area (Å²) >= 11 is 0. The van der Waals surface area contributed by atoms with Crippen molar-refractivity contribution < 1.29 is 17.9 Å². The molecule has 32 heavy (non-hydrogen) atoms. The maximum atomic E-state index is 12.8. The van der Waals surface area contributed by atoms with Crippen LogP contribution in [0.15, 0.2) is 35.4 Å². The van der Waals surface area contributed by atoms with Crippen LogP contribution in [-0.4, -0.2) is 54.7 Å². The molecule has 2 fully saturated rings. The van der Waals surface area contributed by atoms with Crippen LogP contribution in [0.3, 0.4) is 0 Å². The molecule has 10 nitrogen and oxygen atoms in total. The molecule has 2 aliphatic rings. The van der Waals surface area contributed by atoms with E-state index in [1.807, 2.05) is 0 Å². The Bertz CT molecular complexity index is 1120. The van der Waals surface area contributed by atoms with Crippen LogP contribution in [0.1, 0.15) is 42.1 Å². The van der Waals surface area contributed by atoms with Gasteiger partial charge < -0.3 is 15.8 Å². The monoisotopic (exact) mass is 458 g/mol. The highest BCUT2D eigenvalue weighted by Crippen LogP contribution is 2.34. The minimum Gasteiger partial charge on any atom is -0.379 e. The van der Waals surface area contributed by atoms with E-state index in [-0.39, 0.29) is 28.2 Å². The number of rotatable bonds is 6. The zero-order valence-electron chi connectivity index (χ0n) is 17.6. The molecular formula is C21H26N6O4S. The molecule has 2 aromatic rings. The van der Waals surface area contributed by atoms with Gasteiger partial charge in [-0.1, -0.05) is 12.8 Å². The number of primary amides is 1. The van der Waals surface area contributed by atoms with Gasteiger partial charge in [-0.2, -0.15) is 14.7 Å². The van der Waals surface area contributed by atoms with Crippen LogP contribution in [-0.2, 0) is 14.8 Å². The van der Waals surface area contributed by atoms with Crippen LogP contribution in [0.2, 0.25) is 0 Å². The van der Waals surface area contributed by atoms with Crippen molar-refractivity contribution >= 4 is 27.4 Å². The Labute approximate surface area is 187 Å². The van der Waals surface area contributed by atoms with Crippen LogP contribution in [0, 0.1) is 17.2 Å². The lowest BCUT2D eigenvalue weighted by atomic mass is 9.85. The Balaban J connectivity index is 1.55. The van der Waals surface area contributed by atoms with E-state index >= 15 is 0 Å². The quantitative estimate of drug-likeness (QED) is 0.674. The molecule has 2 atom stereocenters. The zero-order chi connectivity index (χ0) is 22.7. The van der Waals surface area contributed by atoms with E-state index in [1.165, 1.54) is 16.4 Å². The first-order valence-corrected chi connectivity index (χ1v) is 12.1. The van der Waals surface area contributed by atoms with Gasteiger partial charge in [-0.25, -0.2) is 8.42 Å². The highest BCUT2D eigenvalue weighted by molar-refractivity contribution is 7.89. The number of sulfonamides is 1. The third kappa shape index (κ3) is 4.48. The van der Waals surface area contributed by atoms with Crippen molar-refractivity contribution in [2.45, 2.75) is 36.6 Å². The molecule has 1 amide bonds. The van der Waals surface area contributed by atoms with Gasteiger partial charge in [0, 0.05) is 25.0 Å². The minimum absolute atomic E-state index is 0.108. The Kier molecular flexibility index (Phi) is 6.45. The van der Waals surface area contributed by atoms with Gasteiger partial charge in [0.05, 0.1) is 36.1 Å². The van der Waals surface area contributed by atoms with Gasteiger partial charge in [-0.3, -0.25) is 9.48 Å². The van der Waals surface area contributed by atoms with E-state index in [2.05, 4.69) is 16.5 Å². The summed E-state index contributed by atoms with van der Waals surface area (Å²) in [7, 11) is -3.59. The third-order valence-corrected chi connectivity index (χ3v) is 7.87. The van der Waals surface area contributed by atoms with Crippen molar-refractivity contribution in [2.24, 2.45) is 11.7 Å². The number of carbonyl (C=O) groups is 1. The molecular weight excluding hydrogens is 432 g/mol. The lowest BCUT2D eigenvalue weighted by Crippen LogP contribution is -2.40. The second-order valence-corrected chi connectivity index (χ2v) is 9.93. The fourth-order valence-corrected chi connectivity index (χ4v) is 5.60. The van der Waals surface area contributed by atoms with Gasteiger partial charge in [0.15, 0.2) is 5.82 Å². The lowest BCUT2D eigenvalue weighted by molar-refractivity contribution is 0.0730. The lowest BCUT2D eigenvalue weighted by Gasteiger charge is -2.26. The maximum absolute atomic E-state index is 12.8. The molecule has 170 valence electrons. The van der Waals surface area contributed by atoms with Crippen molar-refractivity contribution in [2.75, 3.05) is 31.6 Å². The largest absolute Gasteiger partial charge is 0.379 e. The minimum atomic E-state index is -3.59. The number of hydrogen-bond donors (Lipinski definition) is 2. The standard InChI is InChI=1S/C21H26N6O4S/c22-13-15-3-1-2-4-19(15)27-14-18(20(23)28)21(25-27)24-16-5-7-17(8-6-16)32(29,30)26-9-11-31-12-10-26/h5-8,14-15,19H,1-4,9-12H2,(H2,23,28)(H,24,25). The number of ether oxygens (including phenoxy) is 1. The predicted molar refractivity (Wildman–Crippen MR) is 117 cm³/mol. The van der Waals surface area contributed by atoms with Crippen LogP contribution in [0.4, 0.5) is 11.5 Å². The summed E-state index contributed by atoms with van der Waals surface area (Å²) in [5.41, 5.74) is 6.34. The first-order valence-electron chi connectivity index (χ1n) is 10.6. The number of nitriles is 1. The van der Waals surface area contributed by atoms with Gasteiger partial charge in [0.2, 0.25) is 10.0 Å². The van der Waals surface area contributed by atoms with Gasteiger partial charge in [0.1, 0.15) is 5.56 Å². The summed E-state index contributed by atoms with van der Waals surface area (Å²) in [6.45, 7) is 1.41. The summed E-state index contributed by atoms with van der Waals surface area (Å²) in [6.07, 6.45) is 5.20. The summed E-state index contributed by atoms with van der Waals surface area (Å²) < 4.78 is 33.9. The van der Waals surface area contributed by atoms with Gasteiger partial charge in [-0.05, 0) is 37.1 Å². The molecule has 1 aromatic heterocycles. The van der Waals surface area contributed by atoms with Crippen LogP contribution >= 0.6 is 0 Å². The molecule has 11 heteroatoms. The van der Waals surface area contributed by atoms with Crippen molar-refractivity contribution in [3.05, 3.63) is 36.0 Å². The molecule has 3 N–H and O–H groups in total. The normalized spacial score (nSPS) is 22.2. The Morgan fingerprint density at radius 3 is 2.53 bits per heavy atom. The number of nitrogens with two attached hydrogens (primary N) is 1. The number of aromatic nitrogens is 2. The fourth-order valence-electron chi connectivity index (χ4n) is 4.20. The average Bonchev–Trinajstić information content (AvgIpc) is 3.24. The second kappa shape index (κ2) is 9.28. The molecule has 0 radical (unpaired) electrons. The first-order chi connectivity index (χ1) is 15.4. The van der Waals surface area contributed by atoms with Crippen molar-refractivity contribution in [1.29, 1.82) is 5.26 Å². The molecule has 2 unspecified atom stereocenters. The van der Waals surface area contributed by atoms with Gasteiger partial charge in [-0.15, -0.1) is 0 Å². The number of carbonyl (C=O) groups excluding carboxylic acids is 1. The molecule has 4 rings (SSSR count). The average molecular weight is 459 g/mol. The third-order valence-electron chi connectivity index (χ3n) is 5.96. The Hall–Kier alpha value is -2.94. The second-order valence-electron chi connectivity index (χ2n) is 7.99. The molecule has 0 bridgehead atoms. The number of morpholine rings is 1. The molecule has 1 saturated carbocycles. The van der Waals surface area contributed by atoms with Crippen molar-refractivity contribution in [3.63, 3.8) is 0 Å². The summed E-state index contributed by atoms with van der Waals surface area (Å²) in [5, 5.41) is 17.0. The molecule has 1 saturated heterocycles. The smallest absolute Gasteiger partial charge is 0.254 e. The summed E-state index contributed by atoms with van der Waals surface area (Å²) in [5.74, 6) is -0.514. The highest BCUT2D eigenvalue weighted by atomic mass is 32.2. The fraction of sp³-hybridized carbons (Fsp3) is 0.476. The number of benzene rings is 1. The van der Waals surface area contributed by atoms with Crippen molar-refractivity contribution in [1.82, 2.24) is 14.1 Å². The van der Waals surface area contributed by atoms with Crippen LogP contribution < -0.4 is 11.1 Å². The maximum Gasteiger partial charge on any atom is 0.254 e. The van der Waals surface area contributed by atoms with Crippen LogP contribution in [0.25, 0.3) is 0 Å². The number of anilines is 2. The number of hydrogen-bond acceptors (Lipinski definition) is 7. The Morgan fingerprint density at radius 2 is 1.88 bits per heavy atom. The molecule has 1 aliphatic carbocycles. The van der Waals surface area contributed by atoms with E-state index in [0.717, 1.165) is 25.7 Å². The van der Waals surface area contributed by atoms with Gasteiger partial charge in [0.25, 0.3) is 5.91 Å². The molecule has 1 aliphatic heterocycles. The van der Waals surface area contributed by atoms with Gasteiger partial charge >= 0.3 is 0 Å². The zero-order valence-corrected chi connectivity index (χ0v) is 18.4.